The number of pyridine rings is 1. The minimum Gasteiger partial charge on any atom is -0.493 e. The first-order valence-corrected chi connectivity index (χ1v) is 8.90. The first-order valence-electron chi connectivity index (χ1n) is 8.90. The molecule has 0 saturated carbocycles. The number of ether oxygens (including phenoxy) is 3. The zero-order valence-corrected chi connectivity index (χ0v) is 16.2. The van der Waals surface area contributed by atoms with Crippen LogP contribution in [0.3, 0.4) is 0 Å². The molecule has 2 rings (SSSR count). The van der Waals surface area contributed by atoms with Crippen molar-refractivity contribution in [3.63, 3.8) is 0 Å². The van der Waals surface area contributed by atoms with Gasteiger partial charge in [0.15, 0.2) is 11.5 Å². The summed E-state index contributed by atoms with van der Waals surface area (Å²) in [6, 6.07) is 9.22. The molecule has 1 aromatic heterocycles. The van der Waals surface area contributed by atoms with Crippen LogP contribution >= 0.6 is 0 Å². The maximum absolute atomic E-state index is 12.1. The lowest BCUT2D eigenvalue weighted by Crippen LogP contribution is -2.20. The first kappa shape index (κ1) is 20.3. The number of hydrogen-bond donors (Lipinski definition) is 1. The molecule has 1 amide bonds. The van der Waals surface area contributed by atoms with Crippen molar-refractivity contribution in [1.29, 1.82) is 0 Å². The van der Waals surface area contributed by atoms with E-state index in [4.69, 9.17) is 14.2 Å². The molecule has 0 unspecified atom stereocenters. The maximum atomic E-state index is 12.1. The number of carbonyl (C=O) groups is 1. The third-order valence-electron chi connectivity index (χ3n) is 3.56. The van der Waals surface area contributed by atoms with Crippen LogP contribution in [0.5, 0.6) is 17.4 Å². The summed E-state index contributed by atoms with van der Waals surface area (Å²) in [6.45, 7) is 6.67. The van der Waals surface area contributed by atoms with Gasteiger partial charge >= 0.3 is 0 Å². The molecule has 1 aromatic carbocycles. The van der Waals surface area contributed by atoms with E-state index in [1.165, 1.54) is 6.08 Å². The molecule has 0 aliphatic heterocycles. The fourth-order valence-corrected chi connectivity index (χ4v) is 2.38. The molecule has 144 valence electrons. The average molecular weight is 370 g/mol. The average Bonchev–Trinajstić information content (AvgIpc) is 2.66. The third-order valence-corrected chi connectivity index (χ3v) is 3.56. The summed E-state index contributed by atoms with van der Waals surface area (Å²) in [5.41, 5.74) is 1.67. The van der Waals surface area contributed by atoms with E-state index in [1.54, 1.807) is 19.4 Å². The maximum Gasteiger partial charge on any atom is 0.244 e. The van der Waals surface area contributed by atoms with Crippen molar-refractivity contribution in [2.45, 2.75) is 33.4 Å². The highest BCUT2D eigenvalue weighted by Crippen LogP contribution is 2.29. The molecule has 6 heteroatoms. The second-order valence-corrected chi connectivity index (χ2v) is 6.03. The third kappa shape index (κ3) is 6.33. The van der Waals surface area contributed by atoms with Crippen molar-refractivity contribution >= 4 is 12.0 Å². The van der Waals surface area contributed by atoms with Gasteiger partial charge in [-0.15, -0.1) is 0 Å². The largest absolute Gasteiger partial charge is 0.493 e. The Morgan fingerprint density at radius 2 is 2.07 bits per heavy atom. The van der Waals surface area contributed by atoms with Crippen LogP contribution in [0.1, 0.15) is 31.9 Å². The second-order valence-electron chi connectivity index (χ2n) is 6.03. The van der Waals surface area contributed by atoms with Gasteiger partial charge in [-0.2, -0.15) is 0 Å². The van der Waals surface area contributed by atoms with Gasteiger partial charge in [-0.25, -0.2) is 4.98 Å². The number of aromatic nitrogens is 1. The van der Waals surface area contributed by atoms with Gasteiger partial charge in [0.1, 0.15) is 0 Å². The molecule has 0 saturated heterocycles. The van der Waals surface area contributed by atoms with Gasteiger partial charge in [0, 0.05) is 24.4 Å². The van der Waals surface area contributed by atoms with Crippen LogP contribution < -0.4 is 19.5 Å². The fraction of sp³-hybridized carbons (Fsp3) is 0.333. The predicted octanol–water partition coefficient (Wildman–Crippen LogP) is 3.61. The molecule has 27 heavy (non-hydrogen) atoms. The minimum absolute atomic E-state index is 0.0557. The first-order chi connectivity index (χ1) is 13.0. The van der Waals surface area contributed by atoms with E-state index in [-0.39, 0.29) is 12.0 Å². The van der Waals surface area contributed by atoms with E-state index in [1.807, 2.05) is 51.1 Å². The number of carbonyl (C=O) groups excluding carboxylic acids is 1. The summed E-state index contributed by atoms with van der Waals surface area (Å²) in [5, 5.41) is 2.83. The Bertz CT molecular complexity index is 788. The molecular weight excluding hydrogens is 344 g/mol. The molecular formula is C21H26N2O4. The molecule has 1 heterocycles. The number of benzene rings is 1. The van der Waals surface area contributed by atoms with Gasteiger partial charge in [0.2, 0.25) is 11.8 Å². The SMILES string of the molecule is CCOc1ncccc1CNC(=O)/C=C/c1ccc(OC(C)C)c(OC)c1. The Balaban J connectivity index is 1.98. The zero-order valence-electron chi connectivity index (χ0n) is 16.2. The molecule has 0 bridgehead atoms. The van der Waals surface area contributed by atoms with Crippen LogP contribution in [-0.2, 0) is 11.3 Å². The zero-order chi connectivity index (χ0) is 19.6. The van der Waals surface area contributed by atoms with Gasteiger partial charge in [0.05, 0.1) is 19.8 Å². The van der Waals surface area contributed by atoms with Crippen molar-refractivity contribution in [2.24, 2.45) is 0 Å². The molecule has 0 spiro atoms. The Labute approximate surface area is 160 Å². The summed E-state index contributed by atoms with van der Waals surface area (Å²) >= 11 is 0. The summed E-state index contributed by atoms with van der Waals surface area (Å²) in [4.78, 5) is 16.3. The van der Waals surface area contributed by atoms with Crippen LogP contribution in [0, 0.1) is 0 Å². The van der Waals surface area contributed by atoms with Gasteiger partial charge in [0.25, 0.3) is 0 Å². The van der Waals surface area contributed by atoms with Crippen molar-refractivity contribution in [1.82, 2.24) is 10.3 Å². The van der Waals surface area contributed by atoms with Crippen molar-refractivity contribution in [2.75, 3.05) is 13.7 Å². The van der Waals surface area contributed by atoms with E-state index in [0.29, 0.717) is 30.5 Å². The lowest BCUT2D eigenvalue weighted by Gasteiger charge is -2.13. The standard InChI is InChI=1S/C21H26N2O4/c1-5-26-21-17(7-6-12-22-21)14-23-20(24)11-9-16-8-10-18(27-15(2)3)19(13-16)25-4/h6-13,15H,5,14H2,1-4H3,(H,23,24)/b11-9+. The highest BCUT2D eigenvalue weighted by molar-refractivity contribution is 5.91. The highest BCUT2D eigenvalue weighted by atomic mass is 16.5. The lowest BCUT2D eigenvalue weighted by atomic mass is 10.2. The summed E-state index contributed by atoms with van der Waals surface area (Å²) in [6.07, 6.45) is 4.93. The predicted molar refractivity (Wildman–Crippen MR) is 105 cm³/mol. The smallest absolute Gasteiger partial charge is 0.244 e. The van der Waals surface area contributed by atoms with E-state index >= 15 is 0 Å². The molecule has 0 fully saturated rings. The summed E-state index contributed by atoms with van der Waals surface area (Å²) in [5.74, 6) is 1.63. The number of nitrogens with one attached hydrogen (secondary N) is 1. The van der Waals surface area contributed by atoms with Crippen LogP contribution in [0.4, 0.5) is 0 Å². The molecule has 0 aliphatic rings. The lowest BCUT2D eigenvalue weighted by molar-refractivity contribution is -0.116. The van der Waals surface area contributed by atoms with Gasteiger partial charge in [-0.3, -0.25) is 4.79 Å². The van der Waals surface area contributed by atoms with E-state index < -0.39 is 0 Å². The van der Waals surface area contributed by atoms with Gasteiger partial charge < -0.3 is 19.5 Å². The number of amides is 1. The molecule has 6 nitrogen and oxygen atoms in total. The van der Waals surface area contributed by atoms with Gasteiger partial charge in [-0.1, -0.05) is 12.1 Å². The van der Waals surface area contributed by atoms with Crippen LogP contribution in [0.25, 0.3) is 6.08 Å². The molecule has 1 N–H and O–H groups in total. The molecule has 0 atom stereocenters. The quantitative estimate of drug-likeness (QED) is 0.683. The Hall–Kier alpha value is -3.02. The van der Waals surface area contributed by atoms with Crippen molar-refractivity contribution < 1.29 is 19.0 Å². The number of nitrogens with zero attached hydrogens (tertiary/aromatic N) is 1. The van der Waals surface area contributed by atoms with E-state index in [2.05, 4.69) is 10.3 Å². The minimum atomic E-state index is -0.206. The number of hydrogen-bond acceptors (Lipinski definition) is 5. The topological polar surface area (TPSA) is 69.7 Å². The molecule has 0 radical (unpaired) electrons. The Kier molecular flexibility index (Phi) is 7.67. The van der Waals surface area contributed by atoms with E-state index in [0.717, 1.165) is 11.1 Å². The number of rotatable bonds is 9. The van der Waals surface area contributed by atoms with E-state index in [9.17, 15) is 4.79 Å². The Morgan fingerprint density at radius 3 is 2.78 bits per heavy atom. The monoisotopic (exact) mass is 370 g/mol. The summed E-state index contributed by atoms with van der Waals surface area (Å²) < 4.78 is 16.5. The fourth-order valence-electron chi connectivity index (χ4n) is 2.38. The van der Waals surface area contributed by atoms with Crippen molar-refractivity contribution in [3.05, 3.63) is 53.7 Å². The molecule has 0 aliphatic carbocycles. The second kappa shape index (κ2) is 10.2. The normalized spacial score (nSPS) is 10.9. The molecule has 2 aromatic rings. The van der Waals surface area contributed by atoms with Crippen LogP contribution in [0.2, 0.25) is 0 Å². The van der Waals surface area contributed by atoms with Crippen molar-refractivity contribution in [3.8, 4) is 17.4 Å². The Morgan fingerprint density at radius 1 is 1.26 bits per heavy atom. The summed E-state index contributed by atoms with van der Waals surface area (Å²) in [7, 11) is 1.59. The van der Waals surface area contributed by atoms with Gasteiger partial charge in [-0.05, 0) is 50.6 Å². The number of methoxy groups -OCH3 is 1. The van der Waals surface area contributed by atoms with Crippen LogP contribution in [0.15, 0.2) is 42.6 Å². The van der Waals surface area contributed by atoms with Crippen LogP contribution in [-0.4, -0.2) is 30.7 Å². The highest BCUT2D eigenvalue weighted by Gasteiger charge is 2.07.